The maximum absolute atomic E-state index is 11.1. The number of nitrogens with zero attached hydrogens (tertiary/aromatic N) is 1. The fourth-order valence-electron chi connectivity index (χ4n) is 2.88. The molecule has 1 aliphatic rings. The number of aliphatic carboxylic acids is 1. The number of ether oxygens (including phenoxy) is 1. The van der Waals surface area contributed by atoms with Crippen LogP contribution in [0.15, 0.2) is 24.3 Å². The molecule has 1 fully saturated rings. The molecule has 1 saturated heterocycles. The Morgan fingerprint density at radius 2 is 2.18 bits per heavy atom. The van der Waals surface area contributed by atoms with E-state index in [-0.39, 0.29) is 11.5 Å². The van der Waals surface area contributed by atoms with Crippen LogP contribution in [-0.4, -0.2) is 41.7 Å². The maximum Gasteiger partial charge on any atom is 0.320 e. The number of carboxylic acid groups (broad SMARTS) is 1. The monoisotopic (exact) mass is 305 g/mol. The molecule has 22 heavy (non-hydrogen) atoms. The average molecular weight is 305 g/mol. The van der Waals surface area contributed by atoms with E-state index in [0.717, 1.165) is 38.1 Å². The van der Waals surface area contributed by atoms with Crippen LogP contribution in [0.1, 0.15) is 45.6 Å². The van der Waals surface area contributed by atoms with E-state index in [2.05, 4.69) is 37.8 Å². The van der Waals surface area contributed by atoms with Crippen molar-refractivity contribution in [3.8, 4) is 5.75 Å². The van der Waals surface area contributed by atoms with Gasteiger partial charge in [0.1, 0.15) is 11.8 Å². The Labute approximate surface area is 133 Å². The highest BCUT2D eigenvalue weighted by atomic mass is 16.5. The van der Waals surface area contributed by atoms with Crippen LogP contribution in [0.2, 0.25) is 0 Å². The Hall–Kier alpha value is -1.55. The number of carboxylic acids is 1. The summed E-state index contributed by atoms with van der Waals surface area (Å²) in [4.78, 5) is 13.2. The third-order valence-electron chi connectivity index (χ3n) is 4.21. The first-order valence-electron chi connectivity index (χ1n) is 8.08. The molecule has 0 aliphatic carbocycles. The molecule has 1 N–H and O–H groups in total. The van der Waals surface area contributed by atoms with Crippen LogP contribution in [0.3, 0.4) is 0 Å². The van der Waals surface area contributed by atoms with Crippen LogP contribution in [-0.2, 0) is 10.2 Å². The van der Waals surface area contributed by atoms with E-state index in [4.69, 9.17) is 9.84 Å². The number of hydrogen-bond acceptors (Lipinski definition) is 3. The molecule has 1 aromatic rings. The van der Waals surface area contributed by atoms with E-state index in [9.17, 15) is 4.79 Å². The van der Waals surface area contributed by atoms with E-state index in [1.807, 2.05) is 12.1 Å². The first-order valence-corrected chi connectivity index (χ1v) is 8.08. The first-order chi connectivity index (χ1) is 10.4. The van der Waals surface area contributed by atoms with Gasteiger partial charge in [-0.2, -0.15) is 0 Å². The van der Waals surface area contributed by atoms with Crippen molar-refractivity contribution in [2.45, 2.75) is 51.5 Å². The fraction of sp³-hybridized carbons (Fsp3) is 0.611. The van der Waals surface area contributed by atoms with Gasteiger partial charge in [-0.05, 0) is 48.9 Å². The minimum Gasteiger partial charge on any atom is -0.494 e. The minimum absolute atomic E-state index is 0.115. The topological polar surface area (TPSA) is 49.8 Å². The normalized spacial score (nSPS) is 19.3. The second kappa shape index (κ2) is 7.14. The van der Waals surface area contributed by atoms with Gasteiger partial charge < -0.3 is 9.84 Å². The van der Waals surface area contributed by atoms with E-state index in [0.29, 0.717) is 6.61 Å². The molecule has 2 rings (SSSR count). The fourth-order valence-corrected chi connectivity index (χ4v) is 2.88. The summed E-state index contributed by atoms with van der Waals surface area (Å²) >= 11 is 0. The smallest absolute Gasteiger partial charge is 0.320 e. The van der Waals surface area contributed by atoms with Gasteiger partial charge in [0.2, 0.25) is 0 Å². The van der Waals surface area contributed by atoms with Gasteiger partial charge in [-0.25, -0.2) is 0 Å². The lowest BCUT2D eigenvalue weighted by molar-refractivity contribution is -0.142. The second-order valence-electron chi connectivity index (χ2n) is 7.01. The summed E-state index contributed by atoms with van der Waals surface area (Å²) in [7, 11) is 0. The Balaban J connectivity index is 1.78. The lowest BCUT2D eigenvalue weighted by Gasteiger charge is -2.21. The van der Waals surface area contributed by atoms with Crippen LogP contribution >= 0.6 is 0 Å². The van der Waals surface area contributed by atoms with Gasteiger partial charge in [-0.3, -0.25) is 9.69 Å². The molecular formula is C18H27NO3. The Bertz CT molecular complexity index is 507. The van der Waals surface area contributed by atoms with Crippen molar-refractivity contribution in [2.24, 2.45) is 0 Å². The van der Waals surface area contributed by atoms with E-state index < -0.39 is 5.97 Å². The molecule has 1 aromatic carbocycles. The zero-order valence-electron chi connectivity index (χ0n) is 13.8. The van der Waals surface area contributed by atoms with Gasteiger partial charge in [-0.15, -0.1) is 0 Å². The third-order valence-corrected chi connectivity index (χ3v) is 4.21. The molecule has 0 amide bonds. The predicted octanol–water partition coefficient (Wildman–Crippen LogP) is 3.30. The van der Waals surface area contributed by atoms with Gasteiger partial charge in [0, 0.05) is 6.54 Å². The SMILES string of the molecule is CC(C)(C)c1cccc(OCCCN2CCC[C@H]2C(=O)O)c1. The van der Waals surface area contributed by atoms with Gasteiger partial charge in [0.25, 0.3) is 0 Å². The van der Waals surface area contributed by atoms with E-state index >= 15 is 0 Å². The van der Waals surface area contributed by atoms with Gasteiger partial charge in [0.15, 0.2) is 0 Å². The Morgan fingerprint density at radius 3 is 2.86 bits per heavy atom. The second-order valence-corrected chi connectivity index (χ2v) is 7.01. The van der Waals surface area contributed by atoms with Crippen molar-refractivity contribution in [2.75, 3.05) is 19.7 Å². The van der Waals surface area contributed by atoms with Crippen molar-refractivity contribution in [1.29, 1.82) is 0 Å². The summed E-state index contributed by atoms with van der Waals surface area (Å²) in [6.07, 6.45) is 2.60. The van der Waals surface area contributed by atoms with Gasteiger partial charge in [-0.1, -0.05) is 32.9 Å². The van der Waals surface area contributed by atoms with Crippen molar-refractivity contribution >= 4 is 5.97 Å². The Kier molecular flexibility index (Phi) is 5.46. The minimum atomic E-state index is -0.698. The van der Waals surface area contributed by atoms with Crippen LogP contribution in [0, 0.1) is 0 Å². The van der Waals surface area contributed by atoms with Crippen LogP contribution in [0.4, 0.5) is 0 Å². The number of rotatable bonds is 6. The largest absolute Gasteiger partial charge is 0.494 e. The molecule has 0 bridgehead atoms. The summed E-state index contributed by atoms with van der Waals surface area (Å²) in [5.74, 6) is 0.194. The number of hydrogen-bond donors (Lipinski definition) is 1. The summed E-state index contributed by atoms with van der Waals surface area (Å²) in [6.45, 7) is 8.85. The molecule has 1 aliphatic heterocycles. The lowest BCUT2D eigenvalue weighted by atomic mass is 9.87. The molecule has 0 unspecified atom stereocenters. The first kappa shape index (κ1) is 16.8. The molecule has 4 heteroatoms. The van der Waals surface area contributed by atoms with Crippen molar-refractivity contribution < 1.29 is 14.6 Å². The van der Waals surface area contributed by atoms with Crippen LogP contribution in [0.25, 0.3) is 0 Å². The van der Waals surface area contributed by atoms with Crippen molar-refractivity contribution in [3.05, 3.63) is 29.8 Å². The summed E-state index contributed by atoms with van der Waals surface area (Å²) < 4.78 is 5.82. The highest BCUT2D eigenvalue weighted by Gasteiger charge is 2.29. The quantitative estimate of drug-likeness (QED) is 0.819. The molecule has 0 aromatic heterocycles. The van der Waals surface area contributed by atoms with Crippen LogP contribution < -0.4 is 4.74 Å². The van der Waals surface area contributed by atoms with E-state index in [1.165, 1.54) is 5.56 Å². The standard InChI is InChI=1S/C18H27NO3/c1-18(2,3)14-7-4-8-15(13-14)22-12-6-11-19-10-5-9-16(19)17(20)21/h4,7-8,13,16H,5-6,9-12H2,1-3H3,(H,20,21)/t16-/m0/s1. The number of likely N-dealkylation sites (tertiary alicyclic amines) is 1. The molecule has 4 nitrogen and oxygen atoms in total. The van der Waals surface area contributed by atoms with Crippen molar-refractivity contribution in [1.82, 2.24) is 4.90 Å². The van der Waals surface area contributed by atoms with Crippen LogP contribution in [0.5, 0.6) is 5.75 Å². The summed E-state index contributed by atoms with van der Waals surface area (Å²) in [6, 6.07) is 7.91. The van der Waals surface area contributed by atoms with Crippen molar-refractivity contribution in [3.63, 3.8) is 0 Å². The molecule has 0 radical (unpaired) electrons. The molecule has 122 valence electrons. The third kappa shape index (κ3) is 4.47. The van der Waals surface area contributed by atoms with Gasteiger partial charge in [0.05, 0.1) is 6.61 Å². The summed E-state index contributed by atoms with van der Waals surface area (Å²) in [5, 5.41) is 9.15. The highest BCUT2D eigenvalue weighted by Crippen LogP contribution is 2.25. The zero-order chi connectivity index (χ0) is 16.2. The van der Waals surface area contributed by atoms with Gasteiger partial charge >= 0.3 is 5.97 Å². The number of carbonyl (C=O) groups is 1. The predicted molar refractivity (Wildman–Crippen MR) is 87.5 cm³/mol. The Morgan fingerprint density at radius 1 is 1.41 bits per heavy atom. The average Bonchev–Trinajstić information content (AvgIpc) is 2.91. The molecule has 0 saturated carbocycles. The lowest BCUT2D eigenvalue weighted by Crippen LogP contribution is -2.36. The molecule has 1 heterocycles. The maximum atomic E-state index is 11.1. The molecular weight excluding hydrogens is 278 g/mol. The highest BCUT2D eigenvalue weighted by molar-refractivity contribution is 5.73. The molecule has 1 atom stereocenters. The summed E-state index contributed by atoms with van der Waals surface area (Å²) in [5.41, 5.74) is 1.37. The molecule has 0 spiro atoms. The van der Waals surface area contributed by atoms with E-state index in [1.54, 1.807) is 0 Å². The number of benzene rings is 1. The zero-order valence-corrected chi connectivity index (χ0v) is 13.8.